The molecule has 1 aliphatic rings. The van der Waals surface area contributed by atoms with Crippen molar-refractivity contribution in [3.8, 4) is 11.5 Å². The largest absolute Gasteiger partial charge is 0.494 e. The van der Waals surface area contributed by atoms with Gasteiger partial charge in [0, 0.05) is 22.4 Å². The van der Waals surface area contributed by atoms with E-state index in [0.717, 1.165) is 28.3 Å². The van der Waals surface area contributed by atoms with Crippen LogP contribution in [0.3, 0.4) is 0 Å². The van der Waals surface area contributed by atoms with E-state index in [1.54, 1.807) is 0 Å². The van der Waals surface area contributed by atoms with Gasteiger partial charge >= 0.3 is 0 Å². The molecule has 0 fully saturated rings. The maximum Gasteiger partial charge on any atom is 0.256 e. The summed E-state index contributed by atoms with van der Waals surface area (Å²) < 4.78 is 11.2. The molecule has 0 unspecified atom stereocenters. The second kappa shape index (κ2) is 6.57. The number of carbonyl (C=O) groups is 1. The monoisotopic (exact) mass is 309 g/mol. The average Bonchev–Trinajstić information content (AvgIpc) is 2.86. The van der Waals surface area contributed by atoms with Crippen molar-refractivity contribution in [2.24, 2.45) is 0 Å². The van der Waals surface area contributed by atoms with Crippen molar-refractivity contribution in [1.82, 2.24) is 0 Å². The zero-order valence-electron chi connectivity index (χ0n) is 13.3. The van der Waals surface area contributed by atoms with E-state index < -0.39 is 0 Å². The van der Waals surface area contributed by atoms with Gasteiger partial charge in [0.05, 0.1) is 13.2 Å². The molecule has 0 radical (unpaired) electrons. The molecule has 0 saturated carbocycles. The van der Waals surface area contributed by atoms with E-state index in [1.165, 1.54) is 0 Å². The molecule has 1 amide bonds. The molecule has 0 bridgehead atoms. The van der Waals surface area contributed by atoms with Crippen molar-refractivity contribution in [2.45, 2.75) is 13.8 Å². The SMILES string of the molecule is CCOc1ccc(OCC)c(/C=C2\C(=O)Nc3ccccc32)c1. The van der Waals surface area contributed by atoms with Crippen LogP contribution in [0, 0.1) is 0 Å². The first-order valence-corrected chi connectivity index (χ1v) is 7.75. The van der Waals surface area contributed by atoms with Crippen molar-refractivity contribution in [1.29, 1.82) is 0 Å². The summed E-state index contributed by atoms with van der Waals surface area (Å²) in [5.74, 6) is 1.39. The van der Waals surface area contributed by atoms with E-state index in [2.05, 4.69) is 5.32 Å². The number of hydrogen-bond acceptors (Lipinski definition) is 3. The molecule has 23 heavy (non-hydrogen) atoms. The third kappa shape index (κ3) is 3.06. The Kier molecular flexibility index (Phi) is 4.33. The first-order valence-electron chi connectivity index (χ1n) is 7.75. The molecule has 0 spiro atoms. The highest BCUT2D eigenvalue weighted by atomic mass is 16.5. The summed E-state index contributed by atoms with van der Waals surface area (Å²) in [5, 5.41) is 2.88. The summed E-state index contributed by atoms with van der Waals surface area (Å²) in [5.41, 5.74) is 3.21. The number of hydrogen-bond donors (Lipinski definition) is 1. The molecular weight excluding hydrogens is 290 g/mol. The lowest BCUT2D eigenvalue weighted by Gasteiger charge is -2.10. The van der Waals surface area contributed by atoms with Crippen LogP contribution in [0.15, 0.2) is 42.5 Å². The molecule has 4 nitrogen and oxygen atoms in total. The minimum atomic E-state index is -0.101. The van der Waals surface area contributed by atoms with Crippen molar-refractivity contribution >= 4 is 23.2 Å². The lowest BCUT2D eigenvalue weighted by molar-refractivity contribution is -0.110. The van der Waals surface area contributed by atoms with Crippen LogP contribution < -0.4 is 14.8 Å². The van der Waals surface area contributed by atoms with Crippen LogP contribution >= 0.6 is 0 Å². The standard InChI is InChI=1S/C19H19NO3/c1-3-22-14-9-10-18(23-4-2)13(11-14)12-16-15-7-5-6-8-17(15)20-19(16)21/h5-12H,3-4H2,1-2H3,(H,20,21)/b16-12-. The van der Waals surface area contributed by atoms with Crippen LogP contribution in [-0.2, 0) is 4.79 Å². The van der Waals surface area contributed by atoms with E-state index in [4.69, 9.17) is 9.47 Å². The smallest absolute Gasteiger partial charge is 0.256 e. The van der Waals surface area contributed by atoms with E-state index in [9.17, 15) is 4.79 Å². The maximum absolute atomic E-state index is 12.3. The Hall–Kier alpha value is -2.75. The van der Waals surface area contributed by atoms with Crippen LogP contribution in [-0.4, -0.2) is 19.1 Å². The quantitative estimate of drug-likeness (QED) is 0.850. The zero-order chi connectivity index (χ0) is 16.2. The van der Waals surface area contributed by atoms with Gasteiger partial charge in [-0.15, -0.1) is 0 Å². The molecule has 1 heterocycles. The van der Waals surface area contributed by atoms with Gasteiger partial charge in [0.25, 0.3) is 5.91 Å². The Morgan fingerprint density at radius 3 is 2.61 bits per heavy atom. The number of fused-ring (bicyclic) bond motifs is 1. The van der Waals surface area contributed by atoms with E-state index >= 15 is 0 Å². The molecule has 0 aromatic heterocycles. The highest BCUT2D eigenvalue weighted by Gasteiger charge is 2.23. The average molecular weight is 309 g/mol. The number of nitrogens with one attached hydrogen (secondary N) is 1. The van der Waals surface area contributed by atoms with E-state index in [-0.39, 0.29) is 5.91 Å². The molecule has 0 atom stereocenters. The van der Waals surface area contributed by atoms with Gasteiger partial charge < -0.3 is 14.8 Å². The number of benzene rings is 2. The van der Waals surface area contributed by atoms with Crippen molar-refractivity contribution in [3.05, 3.63) is 53.6 Å². The van der Waals surface area contributed by atoms with Gasteiger partial charge in [-0.25, -0.2) is 0 Å². The highest BCUT2D eigenvalue weighted by molar-refractivity contribution is 6.35. The molecule has 1 N–H and O–H groups in total. The van der Waals surface area contributed by atoms with E-state index in [0.29, 0.717) is 18.8 Å². The number of anilines is 1. The summed E-state index contributed by atoms with van der Waals surface area (Å²) in [7, 11) is 0. The van der Waals surface area contributed by atoms with Gasteiger partial charge in [0.2, 0.25) is 0 Å². The van der Waals surface area contributed by atoms with Gasteiger partial charge in [0.15, 0.2) is 0 Å². The molecule has 118 valence electrons. The minimum absolute atomic E-state index is 0.101. The van der Waals surface area contributed by atoms with Gasteiger partial charge in [0.1, 0.15) is 11.5 Å². The summed E-state index contributed by atoms with van der Waals surface area (Å²) in [6.07, 6.45) is 1.86. The summed E-state index contributed by atoms with van der Waals surface area (Å²) in [6.45, 7) is 5.03. The van der Waals surface area contributed by atoms with Gasteiger partial charge in [-0.05, 0) is 44.2 Å². The van der Waals surface area contributed by atoms with Crippen LogP contribution in [0.25, 0.3) is 11.6 Å². The number of para-hydroxylation sites is 1. The lowest BCUT2D eigenvalue weighted by Crippen LogP contribution is -2.04. The summed E-state index contributed by atoms with van der Waals surface area (Å²) >= 11 is 0. The number of carbonyl (C=O) groups excluding carboxylic acids is 1. The molecule has 3 rings (SSSR count). The Bertz CT molecular complexity index is 765. The van der Waals surface area contributed by atoms with E-state index in [1.807, 2.05) is 62.4 Å². The Morgan fingerprint density at radius 1 is 1.04 bits per heavy atom. The van der Waals surface area contributed by atoms with Crippen LogP contribution in [0.4, 0.5) is 5.69 Å². The molecule has 0 aliphatic carbocycles. The minimum Gasteiger partial charge on any atom is -0.494 e. The first kappa shape index (κ1) is 15.2. The summed E-state index contributed by atoms with van der Waals surface area (Å²) in [4.78, 5) is 12.3. The summed E-state index contributed by atoms with van der Waals surface area (Å²) in [6, 6.07) is 13.3. The highest BCUT2D eigenvalue weighted by Crippen LogP contribution is 2.35. The van der Waals surface area contributed by atoms with Crippen molar-refractivity contribution < 1.29 is 14.3 Å². The molecule has 0 saturated heterocycles. The van der Waals surface area contributed by atoms with Crippen LogP contribution in [0.5, 0.6) is 11.5 Å². The van der Waals surface area contributed by atoms with Gasteiger partial charge in [-0.1, -0.05) is 18.2 Å². The third-order valence-corrected chi connectivity index (χ3v) is 3.60. The topological polar surface area (TPSA) is 47.6 Å². The first-order chi connectivity index (χ1) is 11.2. The Balaban J connectivity index is 2.07. The van der Waals surface area contributed by atoms with Crippen molar-refractivity contribution in [3.63, 3.8) is 0 Å². The van der Waals surface area contributed by atoms with Gasteiger partial charge in [-0.2, -0.15) is 0 Å². The van der Waals surface area contributed by atoms with Crippen LogP contribution in [0.2, 0.25) is 0 Å². The fraction of sp³-hybridized carbons (Fsp3) is 0.211. The molecule has 2 aromatic carbocycles. The van der Waals surface area contributed by atoms with Crippen molar-refractivity contribution in [2.75, 3.05) is 18.5 Å². The zero-order valence-corrected chi connectivity index (χ0v) is 13.3. The molecule has 4 heteroatoms. The second-order valence-corrected chi connectivity index (χ2v) is 5.12. The Morgan fingerprint density at radius 2 is 1.83 bits per heavy atom. The number of ether oxygens (including phenoxy) is 2. The van der Waals surface area contributed by atoms with Crippen LogP contribution in [0.1, 0.15) is 25.0 Å². The Labute approximate surface area is 135 Å². The fourth-order valence-electron chi connectivity index (χ4n) is 2.62. The third-order valence-electron chi connectivity index (χ3n) is 3.60. The normalized spacial score (nSPS) is 14.5. The fourth-order valence-corrected chi connectivity index (χ4v) is 2.62. The lowest BCUT2D eigenvalue weighted by atomic mass is 10.0. The second-order valence-electron chi connectivity index (χ2n) is 5.12. The predicted molar refractivity (Wildman–Crippen MR) is 91.7 cm³/mol. The molecule has 1 aliphatic heterocycles. The predicted octanol–water partition coefficient (Wildman–Crippen LogP) is 3.98. The molecular formula is C19H19NO3. The number of amides is 1. The number of rotatable bonds is 5. The van der Waals surface area contributed by atoms with Gasteiger partial charge in [-0.3, -0.25) is 4.79 Å². The maximum atomic E-state index is 12.3. The molecule has 2 aromatic rings.